The van der Waals surface area contributed by atoms with E-state index in [9.17, 15) is 5.11 Å². The maximum atomic E-state index is 10.9. The summed E-state index contributed by atoms with van der Waals surface area (Å²) in [5.74, 6) is 0.535. The summed E-state index contributed by atoms with van der Waals surface area (Å²) in [6.45, 7) is 15.5. The highest BCUT2D eigenvalue weighted by atomic mass is 16.3. The van der Waals surface area contributed by atoms with Crippen LogP contribution in [0.15, 0.2) is 12.1 Å². The third kappa shape index (κ3) is 2.87. The number of phenolic OH excluding ortho intramolecular Hbond substituents is 1. The van der Waals surface area contributed by atoms with Crippen LogP contribution >= 0.6 is 0 Å². The number of benzene rings is 1. The molecule has 1 aromatic carbocycles. The quantitative estimate of drug-likeness (QED) is 0.690. The van der Waals surface area contributed by atoms with Crippen molar-refractivity contribution in [2.24, 2.45) is 0 Å². The fourth-order valence-corrected chi connectivity index (χ4v) is 2.96. The number of aryl methyl sites for hydroxylation is 1. The molecular weight excluding hydrogens is 244 g/mol. The SMILES string of the molecule is CCC(C)(CC)c1cc(C)cc(C(C)(CC)CC)c1O. The molecular formula is C19H32O. The van der Waals surface area contributed by atoms with Gasteiger partial charge in [0.05, 0.1) is 0 Å². The van der Waals surface area contributed by atoms with E-state index in [0.717, 1.165) is 36.8 Å². The summed E-state index contributed by atoms with van der Waals surface area (Å²) in [5, 5.41) is 10.9. The van der Waals surface area contributed by atoms with Gasteiger partial charge in [0.1, 0.15) is 5.75 Å². The van der Waals surface area contributed by atoms with Gasteiger partial charge in [-0.05, 0) is 43.4 Å². The molecule has 0 aliphatic heterocycles. The number of rotatable bonds is 6. The number of phenols is 1. The summed E-state index contributed by atoms with van der Waals surface area (Å²) in [4.78, 5) is 0. The van der Waals surface area contributed by atoms with Crippen molar-refractivity contribution in [2.45, 2.75) is 85.0 Å². The van der Waals surface area contributed by atoms with Crippen molar-refractivity contribution in [1.82, 2.24) is 0 Å². The first-order valence-corrected chi connectivity index (χ1v) is 8.12. The normalized spacial score (nSPS) is 12.8. The molecule has 1 nitrogen and oxygen atoms in total. The molecule has 0 bridgehead atoms. The van der Waals surface area contributed by atoms with E-state index in [-0.39, 0.29) is 10.8 Å². The Hall–Kier alpha value is -0.980. The van der Waals surface area contributed by atoms with Crippen LogP contribution in [0.1, 0.15) is 83.9 Å². The lowest BCUT2D eigenvalue weighted by molar-refractivity contribution is 0.368. The fourth-order valence-electron chi connectivity index (χ4n) is 2.96. The molecule has 0 saturated carbocycles. The van der Waals surface area contributed by atoms with Crippen LogP contribution in [-0.2, 0) is 10.8 Å². The minimum Gasteiger partial charge on any atom is -0.507 e. The van der Waals surface area contributed by atoms with Crippen molar-refractivity contribution in [3.05, 3.63) is 28.8 Å². The fraction of sp³-hybridized carbons (Fsp3) is 0.684. The first kappa shape index (κ1) is 17.1. The maximum Gasteiger partial charge on any atom is 0.123 e. The van der Waals surface area contributed by atoms with Crippen molar-refractivity contribution in [1.29, 1.82) is 0 Å². The molecule has 0 atom stereocenters. The standard InChI is InChI=1S/C19H32O/c1-8-18(6,9-2)15-12-14(5)13-16(17(15)20)19(7,10-3)11-4/h12-13,20H,8-11H2,1-7H3. The second kappa shape index (κ2) is 6.20. The van der Waals surface area contributed by atoms with Crippen LogP contribution < -0.4 is 0 Å². The Bertz CT molecular complexity index is 412. The van der Waals surface area contributed by atoms with Gasteiger partial charge < -0.3 is 5.11 Å². The Morgan fingerprint density at radius 3 is 1.35 bits per heavy atom. The largest absolute Gasteiger partial charge is 0.507 e. The summed E-state index contributed by atoms with van der Waals surface area (Å²) in [6, 6.07) is 4.36. The van der Waals surface area contributed by atoms with Gasteiger partial charge >= 0.3 is 0 Å². The summed E-state index contributed by atoms with van der Waals surface area (Å²) >= 11 is 0. The van der Waals surface area contributed by atoms with Crippen molar-refractivity contribution in [3.8, 4) is 5.75 Å². The van der Waals surface area contributed by atoms with Gasteiger partial charge in [0.15, 0.2) is 0 Å². The van der Waals surface area contributed by atoms with Gasteiger partial charge in [-0.3, -0.25) is 0 Å². The molecule has 0 unspecified atom stereocenters. The van der Waals surface area contributed by atoms with Gasteiger partial charge in [0.2, 0.25) is 0 Å². The third-order valence-electron chi connectivity index (χ3n) is 5.68. The molecule has 0 fully saturated rings. The zero-order valence-corrected chi connectivity index (χ0v) is 14.4. The molecule has 0 aliphatic rings. The second-order valence-corrected chi connectivity index (χ2v) is 6.74. The lowest BCUT2D eigenvalue weighted by atomic mass is 9.71. The van der Waals surface area contributed by atoms with Crippen LogP contribution in [0.25, 0.3) is 0 Å². The van der Waals surface area contributed by atoms with Crippen molar-refractivity contribution in [2.75, 3.05) is 0 Å². The molecule has 0 saturated heterocycles. The Balaban J connectivity index is 3.56. The Labute approximate surface area is 125 Å². The monoisotopic (exact) mass is 276 g/mol. The molecule has 1 aromatic rings. The molecule has 0 aliphatic carbocycles. The molecule has 1 heteroatoms. The highest BCUT2D eigenvalue weighted by molar-refractivity contribution is 5.50. The number of hydrogen-bond acceptors (Lipinski definition) is 1. The van der Waals surface area contributed by atoms with Gasteiger partial charge in [-0.1, -0.05) is 59.2 Å². The average Bonchev–Trinajstić information content (AvgIpc) is 2.47. The summed E-state index contributed by atoms with van der Waals surface area (Å²) in [7, 11) is 0. The van der Waals surface area contributed by atoms with E-state index < -0.39 is 0 Å². The summed E-state index contributed by atoms with van der Waals surface area (Å²) in [5.41, 5.74) is 3.64. The zero-order valence-electron chi connectivity index (χ0n) is 14.4. The summed E-state index contributed by atoms with van der Waals surface area (Å²) in [6.07, 6.45) is 4.20. The van der Waals surface area contributed by atoms with Crippen molar-refractivity contribution in [3.63, 3.8) is 0 Å². The van der Waals surface area contributed by atoms with Gasteiger partial charge in [-0.15, -0.1) is 0 Å². The van der Waals surface area contributed by atoms with E-state index in [1.165, 1.54) is 5.56 Å². The molecule has 1 N–H and O–H groups in total. The predicted octanol–water partition coefficient (Wildman–Crippen LogP) is 5.86. The maximum absolute atomic E-state index is 10.9. The van der Waals surface area contributed by atoms with Crippen LogP contribution in [-0.4, -0.2) is 5.11 Å². The summed E-state index contributed by atoms with van der Waals surface area (Å²) < 4.78 is 0. The van der Waals surface area contributed by atoms with E-state index >= 15 is 0 Å². The molecule has 1 rings (SSSR count). The van der Waals surface area contributed by atoms with E-state index in [1.54, 1.807) is 0 Å². The predicted molar refractivity (Wildman–Crippen MR) is 88.7 cm³/mol. The molecule has 0 radical (unpaired) electrons. The third-order valence-corrected chi connectivity index (χ3v) is 5.68. The minimum absolute atomic E-state index is 0.0627. The van der Waals surface area contributed by atoms with Crippen LogP contribution in [0.5, 0.6) is 5.75 Å². The smallest absolute Gasteiger partial charge is 0.123 e. The lowest BCUT2D eigenvalue weighted by Gasteiger charge is -2.34. The van der Waals surface area contributed by atoms with Crippen LogP contribution in [0.2, 0.25) is 0 Å². The number of hydrogen-bond donors (Lipinski definition) is 1. The molecule has 114 valence electrons. The molecule has 0 aromatic heterocycles. The van der Waals surface area contributed by atoms with E-state index in [2.05, 4.69) is 60.6 Å². The molecule has 20 heavy (non-hydrogen) atoms. The van der Waals surface area contributed by atoms with Crippen LogP contribution in [0.4, 0.5) is 0 Å². The minimum atomic E-state index is 0.0627. The highest BCUT2D eigenvalue weighted by Gasteiger charge is 2.32. The first-order chi connectivity index (χ1) is 9.27. The Morgan fingerprint density at radius 1 is 0.800 bits per heavy atom. The molecule has 0 amide bonds. The molecule has 0 heterocycles. The molecule has 0 spiro atoms. The van der Waals surface area contributed by atoms with Gasteiger partial charge in [-0.2, -0.15) is 0 Å². The van der Waals surface area contributed by atoms with Gasteiger partial charge in [0.25, 0.3) is 0 Å². The number of aromatic hydroxyl groups is 1. The Morgan fingerprint density at radius 2 is 1.10 bits per heavy atom. The lowest BCUT2D eigenvalue weighted by Crippen LogP contribution is -2.24. The van der Waals surface area contributed by atoms with Crippen molar-refractivity contribution < 1.29 is 5.11 Å². The zero-order chi connectivity index (χ0) is 15.6. The van der Waals surface area contributed by atoms with Crippen LogP contribution in [0, 0.1) is 6.92 Å². The van der Waals surface area contributed by atoms with E-state index in [1.807, 2.05) is 0 Å². The topological polar surface area (TPSA) is 20.2 Å². The average molecular weight is 276 g/mol. The van der Waals surface area contributed by atoms with Gasteiger partial charge in [0, 0.05) is 11.1 Å². The van der Waals surface area contributed by atoms with Gasteiger partial charge in [-0.25, -0.2) is 0 Å². The van der Waals surface area contributed by atoms with E-state index in [0.29, 0.717) is 5.75 Å². The van der Waals surface area contributed by atoms with E-state index in [4.69, 9.17) is 0 Å². The van der Waals surface area contributed by atoms with Crippen LogP contribution in [0.3, 0.4) is 0 Å². The second-order valence-electron chi connectivity index (χ2n) is 6.74. The Kier molecular flexibility index (Phi) is 5.29. The van der Waals surface area contributed by atoms with Crippen molar-refractivity contribution >= 4 is 0 Å². The first-order valence-electron chi connectivity index (χ1n) is 8.12. The highest BCUT2D eigenvalue weighted by Crippen LogP contribution is 2.44.